The minimum atomic E-state index is -0.465. The van der Waals surface area contributed by atoms with Gasteiger partial charge in [-0.2, -0.15) is 0 Å². The normalized spacial score (nSPS) is 28.6. The SMILES string of the molecule is Cl.N[C@@H]1C[C@@H](C(=O)NCC2(c3ccc(Cl)cc3)CC2)CC[C@H]1O. The minimum absolute atomic E-state index is 0. The monoisotopic (exact) mass is 358 g/mol. The van der Waals surface area contributed by atoms with Crippen molar-refractivity contribution >= 4 is 29.9 Å². The summed E-state index contributed by atoms with van der Waals surface area (Å²) in [5, 5.41) is 13.5. The Kier molecular flexibility index (Phi) is 5.95. The highest BCUT2D eigenvalue weighted by atomic mass is 35.5. The fourth-order valence-electron chi connectivity index (χ4n) is 3.35. The van der Waals surface area contributed by atoms with Crippen LogP contribution in [0.25, 0.3) is 0 Å². The van der Waals surface area contributed by atoms with Crippen LogP contribution < -0.4 is 11.1 Å². The number of nitrogens with one attached hydrogen (secondary N) is 1. The lowest BCUT2D eigenvalue weighted by molar-refractivity contribution is -0.127. The summed E-state index contributed by atoms with van der Waals surface area (Å²) in [6.45, 7) is 0.668. The summed E-state index contributed by atoms with van der Waals surface area (Å²) in [6, 6.07) is 7.62. The van der Waals surface area contributed by atoms with Crippen LogP contribution in [0, 0.1) is 5.92 Å². The van der Waals surface area contributed by atoms with E-state index in [4.69, 9.17) is 17.3 Å². The Balaban J connectivity index is 0.00000192. The van der Waals surface area contributed by atoms with E-state index in [2.05, 4.69) is 5.32 Å². The largest absolute Gasteiger partial charge is 0.392 e. The fraction of sp³-hybridized carbons (Fsp3) is 0.588. The first-order valence-corrected chi connectivity index (χ1v) is 8.35. The van der Waals surface area contributed by atoms with Crippen LogP contribution in [-0.4, -0.2) is 29.7 Å². The number of benzene rings is 1. The van der Waals surface area contributed by atoms with Gasteiger partial charge in [-0.15, -0.1) is 12.4 Å². The fourth-order valence-corrected chi connectivity index (χ4v) is 3.48. The maximum absolute atomic E-state index is 12.3. The number of nitrogens with two attached hydrogens (primary N) is 1. The third-order valence-corrected chi connectivity index (χ3v) is 5.40. The average molecular weight is 359 g/mol. The molecule has 1 aromatic rings. The number of aliphatic hydroxyl groups is 1. The molecule has 0 bridgehead atoms. The van der Waals surface area contributed by atoms with E-state index in [1.165, 1.54) is 5.56 Å². The Morgan fingerprint density at radius 2 is 1.96 bits per heavy atom. The predicted molar refractivity (Wildman–Crippen MR) is 93.9 cm³/mol. The Bertz CT molecular complexity index is 546. The Labute approximate surface area is 148 Å². The van der Waals surface area contributed by atoms with Crippen molar-refractivity contribution in [1.82, 2.24) is 5.32 Å². The van der Waals surface area contributed by atoms with E-state index in [0.717, 1.165) is 17.9 Å². The van der Waals surface area contributed by atoms with Crippen molar-refractivity contribution in [3.63, 3.8) is 0 Å². The van der Waals surface area contributed by atoms with Crippen LogP contribution in [0.15, 0.2) is 24.3 Å². The number of rotatable bonds is 4. The standard InChI is InChI=1S/C17H23ClN2O2.ClH/c18-13-4-2-12(3-5-13)17(7-8-17)10-20-16(22)11-1-6-15(21)14(19)9-11;/h2-5,11,14-15,21H,1,6-10,19H2,(H,20,22);1H/t11-,14+,15+;/m0./s1. The highest BCUT2D eigenvalue weighted by Gasteiger charge is 2.44. The number of amides is 1. The molecule has 1 aromatic carbocycles. The molecular formula is C17H24Cl2N2O2. The Hall–Kier alpha value is -0.810. The molecule has 6 heteroatoms. The van der Waals surface area contributed by atoms with Gasteiger partial charge in [0.2, 0.25) is 5.91 Å². The van der Waals surface area contributed by atoms with Gasteiger partial charge in [-0.3, -0.25) is 4.79 Å². The molecule has 0 unspecified atom stereocenters. The number of carbonyl (C=O) groups is 1. The van der Waals surface area contributed by atoms with Gasteiger partial charge in [-0.25, -0.2) is 0 Å². The number of hydrogen-bond donors (Lipinski definition) is 3. The van der Waals surface area contributed by atoms with Crippen molar-refractivity contribution < 1.29 is 9.90 Å². The molecule has 0 aromatic heterocycles. The van der Waals surface area contributed by atoms with Gasteiger partial charge in [0.1, 0.15) is 0 Å². The van der Waals surface area contributed by atoms with Crippen LogP contribution in [0.5, 0.6) is 0 Å². The van der Waals surface area contributed by atoms with Crippen molar-refractivity contribution in [2.24, 2.45) is 11.7 Å². The maximum atomic E-state index is 12.3. The van der Waals surface area contributed by atoms with E-state index in [1.807, 2.05) is 24.3 Å². The lowest BCUT2D eigenvalue weighted by atomic mass is 9.83. The molecule has 3 rings (SSSR count). The van der Waals surface area contributed by atoms with E-state index < -0.39 is 6.10 Å². The highest BCUT2D eigenvalue weighted by Crippen LogP contribution is 2.47. The van der Waals surface area contributed by atoms with Crippen LogP contribution in [-0.2, 0) is 10.2 Å². The molecule has 0 spiro atoms. The molecule has 23 heavy (non-hydrogen) atoms. The predicted octanol–water partition coefficient (Wildman–Crippen LogP) is 2.40. The molecule has 0 saturated heterocycles. The zero-order valence-corrected chi connectivity index (χ0v) is 14.6. The number of carbonyl (C=O) groups excluding carboxylic acids is 1. The molecule has 3 atom stereocenters. The number of halogens is 2. The molecular weight excluding hydrogens is 335 g/mol. The Morgan fingerprint density at radius 1 is 1.30 bits per heavy atom. The second-order valence-electron chi connectivity index (χ2n) is 6.75. The average Bonchev–Trinajstić information content (AvgIpc) is 3.29. The molecule has 128 valence electrons. The molecule has 0 heterocycles. The van der Waals surface area contributed by atoms with E-state index >= 15 is 0 Å². The van der Waals surface area contributed by atoms with E-state index in [-0.39, 0.29) is 35.7 Å². The summed E-state index contributed by atoms with van der Waals surface area (Å²) in [5.41, 5.74) is 7.19. The van der Waals surface area contributed by atoms with E-state index in [1.54, 1.807) is 0 Å². The molecule has 2 aliphatic carbocycles. The summed E-state index contributed by atoms with van der Waals surface area (Å²) in [4.78, 5) is 12.3. The molecule has 4 N–H and O–H groups in total. The molecule has 1 amide bonds. The van der Waals surface area contributed by atoms with Crippen LogP contribution in [0.3, 0.4) is 0 Å². The van der Waals surface area contributed by atoms with Crippen molar-refractivity contribution in [3.8, 4) is 0 Å². The summed E-state index contributed by atoms with van der Waals surface area (Å²) < 4.78 is 0. The first-order chi connectivity index (χ1) is 10.5. The van der Waals surface area contributed by atoms with Gasteiger partial charge in [0.25, 0.3) is 0 Å². The van der Waals surface area contributed by atoms with Gasteiger partial charge >= 0.3 is 0 Å². The number of aliphatic hydroxyl groups excluding tert-OH is 1. The van der Waals surface area contributed by atoms with Crippen molar-refractivity contribution in [1.29, 1.82) is 0 Å². The second kappa shape index (κ2) is 7.39. The van der Waals surface area contributed by atoms with Gasteiger partial charge in [-0.1, -0.05) is 23.7 Å². The van der Waals surface area contributed by atoms with Gasteiger partial charge in [0.05, 0.1) is 6.10 Å². The molecule has 2 fully saturated rings. The molecule has 0 radical (unpaired) electrons. The quantitative estimate of drug-likeness (QED) is 0.773. The lowest BCUT2D eigenvalue weighted by Gasteiger charge is -2.30. The van der Waals surface area contributed by atoms with E-state index in [9.17, 15) is 9.90 Å². The molecule has 2 saturated carbocycles. The van der Waals surface area contributed by atoms with Crippen LogP contribution in [0.1, 0.15) is 37.7 Å². The van der Waals surface area contributed by atoms with Gasteiger partial charge in [-0.05, 0) is 49.8 Å². The lowest BCUT2D eigenvalue weighted by Crippen LogP contribution is -2.45. The van der Waals surface area contributed by atoms with Gasteiger partial charge in [0.15, 0.2) is 0 Å². The summed E-state index contributed by atoms with van der Waals surface area (Å²) in [7, 11) is 0. The first-order valence-electron chi connectivity index (χ1n) is 7.98. The smallest absolute Gasteiger partial charge is 0.223 e. The van der Waals surface area contributed by atoms with Crippen LogP contribution in [0.2, 0.25) is 5.02 Å². The van der Waals surface area contributed by atoms with Crippen molar-refractivity contribution in [3.05, 3.63) is 34.9 Å². The van der Waals surface area contributed by atoms with E-state index in [0.29, 0.717) is 25.8 Å². The summed E-state index contributed by atoms with van der Waals surface area (Å²) >= 11 is 5.93. The molecule has 4 nitrogen and oxygen atoms in total. The minimum Gasteiger partial charge on any atom is -0.392 e. The second-order valence-corrected chi connectivity index (χ2v) is 7.18. The van der Waals surface area contributed by atoms with Crippen LogP contribution in [0.4, 0.5) is 0 Å². The molecule has 0 aliphatic heterocycles. The molecule has 2 aliphatic rings. The number of hydrogen-bond acceptors (Lipinski definition) is 3. The van der Waals surface area contributed by atoms with Gasteiger partial charge < -0.3 is 16.2 Å². The van der Waals surface area contributed by atoms with Gasteiger partial charge in [0, 0.05) is 28.9 Å². The zero-order valence-electron chi connectivity index (χ0n) is 13.0. The summed E-state index contributed by atoms with van der Waals surface area (Å²) in [5.74, 6) is 0.00186. The zero-order chi connectivity index (χ0) is 15.7. The summed E-state index contributed by atoms with van der Waals surface area (Å²) in [6.07, 6.45) is 3.63. The third kappa shape index (κ3) is 4.18. The van der Waals surface area contributed by atoms with Crippen molar-refractivity contribution in [2.75, 3.05) is 6.54 Å². The van der Waals surface area contributed by atoms with Crippen molar-refractivity contribution in [2.45, 2.75) is 49.7 Å². The van der Waals surface area contributed by atoms with Crippen LogP contribution >= 0.6 is 24.0 Å². The topological polar surface area (TPSA) is 75.4 Å². The maximum Gasteiger partial charge on any atom is 0.223 e. The highest BCUT2D eigenvalue weighted by molar-refractivity contribution is 6.30. The Morgan fingerprint density at radius 3 is 2.52 bits per heavy atom. The first kappa shape index (κ1) is 18.5. The third-order valence-electron chi connectivity index (χ3n) is 5.14.